The van der Waals surface area contributed by atoms with Crippen molar-refractivity contribution in [3.05, 3.63) is 51.0 Å². The van der Waals surface area contributed by atoms with Gasteiger partial charge in [0.05, 0.1) is 6.10 Å². The fourth-order valence-corrected chi connectivity index (χ4v) is 3.41. The summed E-state index contributed by atoms with van der Waals surface area (Å²) < 4.78 is 7.76. The first-order chi connectivity index (χ1) is 13.1. The average molecular weight is 371 g/mol. The summed E-state index contributed by atoms with van der Waals surface area (Å²) in [5, 5.41) is 7.04. The largest absolute Gasteiger partial charge is 0.376 e. The van der Waals surface area contributed by atoms with Crippen molar-refractivity contribution in [3.8, 4) is 0 Å². The molecule has 27 heavy (non-hydrogen) atoms. The summed E-state index contributed by atoms with van der Waals surface area (Å²) in [5.41, 5.74) is -0.574. The van der Waals surface area contributed by atoms with Gasteiger partial charge in [-0.15, -0.1) is 5.10 Å². The summed E-state index contributed by atoms with van der Waals surface area (Å²) in [7, 11) is 0. The summed E-state index contributed by atoms with van der Waals surface area (Å²) in [4.78, 5) is 38.8. The zero-order chi connectivity index (χ0) is 18.8. The van der Waals surface area contributed by atoms with Gasteiger partial charge in [0.2, 0.25) is 11.9 Å². The van der Waals surface area contributed by atoms with Gasteiger partial charge in [-0.3, -0.25) is 19.0 Å². The highest BCUT2D eigenvalue weighted by molar-refractivity contribution is 5.75. The number of nitrogens with one attached hydrogen (secondary N) is 1. The van der Waals surface area contributed by atoms with Gasteiger partial charge in [-0.05, 0) is 25.0 Å². The fourth-order valence-electron chi connectivity index (χ4n) is 3.41. The molecule has 4 rings (SSSR count). The van der Waals surface area contributed by atoms with Gasteiger partial charge in [0.1, 0.15) is 6.54 Å². The lowest BCUT2D eigenvalue weighted by Crippen LogP contribution is -2.45. The standard InChI is InChI=1S/C18H21N5O4/c24-15(19-11-14-7-4-10-27-14)12-23-17(26)16(25)22-9-8-21(18(22)20-23)13-5-2-1-3-6-13/h1-3,5-6,14H,4,7-12H2,(H,19,24)/t14-/m0/s1. The summed E-state index contributed by atoms with van der Waals surface area (Å²) in [6, 6.07) is 9.51. The molecule has 1 aromatic carbocycles. The number of hydrogen-bond acceptors (Lipinski definition) is 6. The third-order valence-corrected chi connectivity index (χ3v) is 4.81. The molecule has 9 nitrogen and oxygen atoms in total. The number of aromatic nitrogens is 3. The number of para-hydroxylation sites is 1. The first kappa shape index (κ1) is 17.5. The van der Waals surface area contributed by atoms with Crippen molar-refractivity contribution in [2.24, 2.45) is 0 Å². The van der Waals surface area contributed by atoms with Crippen LogP contribution in [-0.4, -0.2) is 46.1 Å². The molecule has 2 aliphatic heterocycles. The van der Waals surface area contributed by atoms with E-state index in [-0.39, 0.29) is 18.6 Å². The van der Waals surface area contributed by atoms with Crippen LogP contribution in [0.2, 0.25) is 0 Å². The van der Waals surface area contributed by atoms with Gasteiger partial charge in [-0.1, -0.05) is 18.2 Å². The van der Waals surface area contributed by atoms with E-state index >= 15 is 0 Å². The van der Waals surface area contributed by atoms with E-state index in [1.807, 2.05) is 35.2 Å². The fraction of sp³-hybridized carbons (Fsp3) is 0.444. The molecule has 2 aromatic rings. The van der Waals surface area contributed by atoms with Gasteiger partial charge in [-0.2, -0.15) is 0 Å². The van der Waals surface area contributed by atoms with Gasteiger partial charge >= 0.3 is 11.1 Å². The second-order valence-electron chi connectivity index (χ2n) is 6.65. The molecule has 1 N–H and O–H groups in total. The number of carbonyl (C=O) groups is 1. The number of amides is 1. The van der Waals surface area contributed by atoms with Crippen LogP contribution < -0.4 is 21.3 Å². The van der Waals surface area contributed by atoms with E-state index in [1.165, 1.54) is 4.57 Å². The van der Waals surface area contributed by atoms with Crippen molar-refractivity contribution in [1.29, 1.82) is 0 Å². The Morgan fingerprint density at radius 2 is 2.00 bits per heavy atom. The smallest absolute Gasteiger partial charge is 0.333 e. The van der Waals surface area contributed by atoms with Gasteiger partial charge in [0.25, 0.3) is 0 Å². The van der Waals surface area contributed by atoms with Crippen LogP contribution in [0.5, 0.6) is 0 Å². The molecule has 0 bridgehead atoms. The lowest BCUT2D eigenvalue weighted by atomic mass is 10.2. The highest BCUT2D eigenvalue weighted by atomic mass is 16.5. The van der Waals surface area contributed by atoms with E-state index in [4.69, 9.17) is 4.74 Å². The van der Waals surface area contributed by atoms with Gasteiger partial charge in [0, 0.05) is 31.9 Å². The second kappa shape index (κ2) is 7.36. The van der Waals surface area contributed by atoms with Crippen LogP contribution in [-0.2, 0) is 22.6 Å². The van der Waals surface area contributed by atoms with Crippen LogP contribution in [0, 0.1) is 0 Å². The summed E-state index contributed by atoms with van der Waals surface area (Å²) >= 11 is 0. The van der Waals surface area contributed by atoms with Crippen LogP contribution in [0.1, 0.15) is 12.8 Å². The number of rotatable bonds is 5. The highest BCUT2D eigenvalue weighted by Gasteiger charge is 2.26. The van der Waals surface area contributed by atoms with Crippen LogP contribution in [0.15, 0.2) is 39.9 Å². The molecule has 1 aromatic heterocycles. The number of carbonyl (C=O) groups excluding carboxylic acids is 1. The van der Waals surface area contributed by atoms with Crippen molar-refractivity contribution in [3.63, 3.8) is 0 Å². The van der Waals surface area contributed by atoms with Gasteiger partial charge in [-0.25, -0.2) is 4.68 Å². The van der Waals surface area contributed by atoms with E-state index in [9.17, 15) is 14.4 Å². The Kier molecular flexibility index (Phi) is 4.76. The number of hydrogen-bond donors (Lipinski definition) is 1. The number of anilines is 2. The molecule has 0 spiro atoms. The van der Waals surface area contributed by atoms with Crippen molar-refractivity contribution in [2.45, 2.75) is 32.0 Å². The number of fused-ring (bicyclic) bond motifs is 1. The Bertz CT molecular complexity index is 946. The van der Waals surface area contributed by atoms with Crippen LogP contribution in [0.3, 0.4) is 0 Å². The summed E-state index contributed by atoms with van der Waals surface area (Å²) in [6.45, 7) is 1.74. The number of nitrogens with zero attached hydrogens (tertiary/aromatic N) is 4. The van der Waals surface area contributed by atoms with E-state index in [2.05, 4.69) is 10.4 Å². The quantitative estimate of drug-likeness (QED) is 0.734. The van der Waals surface area contributed by atoms with E-state index in [1.54, 1.807) is 0 Å². The molecular formula is C18H21N5O4. The van der Waals surface area contributed by atoms with Crippen LogP contribution >= 0.6 is 0 Å². The molecular weight excluding hydrogens is 350 g/mol. The maximum absolute atomic E-state index is 12.4. The Balaban J connectivity index is 1.55. The predicted molar refractivity (Wildman–Crippen MR) is 98.2 cm³/mol. The Hall–Kier alpha value is -2.94. The molecule has 1 atom stereocenters. The van der Waals surface area contributed by atoms with E-state index < -0.39 is 11.1 Å². The van der Waals surface area contributed by atoms with Crippen molar-refractivity contribution >= 4 is 17.5 Å². The van der Waals surface area contributed by atoms with Crippen LogP contribution in [0.25, 0.3) is 0 Å². The van der Waals surface area contributed by atoms with Gasteiger partial charge < -0.3 is 15.0 Å². The lowest BCUT2D eigenvalue weighted by Gasteiger charge is -2.17. The Morgan fingerprint density at radius 1 is 1.19 bits per heavy atom. The zero-order valence-electron chi connectivity index (χ0n) is 14.8. The van der Waals surface area contributed by atoms with Gasteiger partial charge in [0.15, 0.2) is 0 Å². The molecule has 3 heterocycles. The SMILES string of the molecule is O=C(Cn1nc2n(c(=O)c1=O)CCN2c1ccccc1)NC[C@@H]1CCCO1. The highest BCUT2D eigenvalue weighted by Crippen LogP contribution is 2.25. The molecule has 0 aliphatic carbocycles. The zero-order valence-corrected chi connectivity index (χ0v) is 14.8. The van der Waals surface area contributed by atoms with E-state index in [0.29, 0.717) is 32.2 Å². The first-order valence-corrected chi connectivity index (χ1v) is 9.06. The molecule has 1 saturated heterocycles. The van der Waals surface area contributed by atoms with Crippen LogP contribution in [0.4, 0.5) is 11.6 Å². The Morgan fingerprint density at radius 3 is 2.74 bits per heavy atom. The molecule has 1 amide bonds. The normalized spacial score (nSPS) is 18.5. The minimum Gasteiger partial charge on any atom is -0.376 e. The molecule has 1 fully saturated rings. The minimum atomic E-state index is -0.791. The van der Waals surface area contributed by atoms with E-state index in [0.717, 1.165) is 23.2 Å². The molecule has 142 valence electrons. The Labute approximate surface area is 155 Å². The average Bonchev–Trinajstić information content (AvgIpc) is 3.35. The lowest BCUT2D eigenvalue weighted by molar-refractivity contribution is -0.122. The maximum Gasteiger partial charge on any atom is 0.333 e. The number of benzene rings is 1. The molecule has 9 heteroatoms. The van der Waals surface area contributed by atoms with Crippen molar-refractivity contribution < 1.29 is 9.53 Å². The topological polar surface area (TPSA) is 98.5 Å². The van der Waals surface area contributed by atoms with Crippen molar-refractivity contribution in [1.82, 2.24) is 19.7 Å². The maximum atomic E-state index is 12.4. The minimum absolute atomic E-state index is 0.0119. The molecule has 0 radical (unpaired) electrons. The first-order valence-electron chi connectivity index (χ1n) is 9.06. The monoisotopic (exact) mass is 371 g/mol. The summed E-state index contributed by atoms with van der Waals surface area (Å²) in [5.74, 6) is 0.00596. The summed E-state index contributed by atoms with van der Waals surface area (Å²) in [6.07, 6.45) is 1.90. The predicted octanol–water partition coefficient (Wildman–Crippen LogP) is -0.148. The molecule has 0 unspecified atom stereocenters. The number of ether oxygens (including phenoxy) is 1. The third kappa shape index (κ3) is 3.50. The second-order valence-corrected chi connectivity index (χ2v) is 6.65. The third-order valence-electron chi connectivity index (χ3n) is 4.81. The molecule has 0 saturated carbocycles. The van der Waals surface area contributed by atoms with Crippen molar-refractivity contribution in [2.75, 3.05) is 24.6 Å². The molecule has 2 aliphatic rings.